The first kappa shape index (κ1) is 7.22. The third-order valence-corrected chi connectivity index (χ3v) is 2.32. The highest BCUT2D eigenvalue weighted by atomic mass is 32.1. The second-order valence-electron chi connectivity index (χ2n) is 2.03. The van der Waals surface area contributed by atoms with Crippen molar-refractivity contribution in [2.75, 3.05) is 0 Å². The largest absolute Gasteiger partial charge is 0.308 e. The van der Waals surface area contributed by atoms with Crippen LogP contribution >= 0.6 is 11.3 Å². The highest BCUT2D eigenvalue weighted by molar-refractivity contribution is 7.13. The average molecular weight is 151 g/mol. The molecule has 1 aromatic heterocycles. The van der Waals surface area contributed by atoms with Gasteiger partial charge in [0.25, 0.3) is 0 Å². The van der Waals surface area contributed by atoms with E-state index in [1.807, 2.05) is 13.0 Å². The van der Waals surface area contributed by atoms with E-state index in [-0.39, 0.29) is 0 Å². The summed E-state index contributed by atoms with van der Waals surface area (Å²) in [5, 5.41) is 7.04. The van der Waals surface area contributed by atoms with E-state index >= 15 is 0 Å². The van der Waals surface area contributed by atoms with Crippen LogP contribution in [0.1, 0.15) is 15.3 Å². The van der Waals surface area contributed by atoms with Crippen LogP contribution in [0.2, 0.25) is 0 Å². The molecule has 0 bridgehead atoms. The van der Waals surface area contributed by atoms with E-state index in [2.05, 4.69) is 6.58 Å². The molecule has 0 saturated heterocycles. The van der Waals surface area contributed by atoms with Gasteiger partial charge in [-0.05, 0) is 13.0 Å². The monoisotopic (exact) mass is 151 g/mol. The molecule has 0 aromatic carbocycles. The van der Waals surface area contributed by atoms with Crippen molar-refractivity contribution in [3.63, 3.8) is 0 Å². The molecule has 1 nitrogen and oxygen atoms in total. The Balaban J connectivity index is 3.20. The van der Waals surface area contributed by atoms with Crippen molar-refractivity contribution in [1.29, 1.82) is 5.41 Å². The van der Waals surface area contributed by atoms with Gasteiger partial charge in [-0.1, -0.05) is 12.7 Å². The summed E-state index contributed by atoms with van der Waals surface area (Å²) in [6, 6.07) is 1.99. The molecule has 0 fully saturated rings. The molecule has 0 unspecified atom stereocenters. The fourth-order valence-corrected chi connectivity index (χ4v) is 1.68. The zero-order valence-electron chi connectivity index (χ0n) is 5.85. The molecule has 1 rings (SSSR count). The molecular formula is C8H9NS. The Kier molecular flexibility index (Phi) is 2.02. The molecule has 0 amide bonds. The van der Waals surface area contributed by atoms with Gasteiger partial charge < -0.3 is 5.41 Å². The predicted octanol–water partition coefficient (Wildman–Crippen LogP) is 2.70. The summed E-state index contributed by atoms with van der Waals surface area (Å²) in [5.74, 6) is 0. The maximum absolute atomic E-state index is 7.04. The van der Waals surface area contributed by atoms with E-state index in [0.29, 0.717) is 0 Å². The van der Waals surface area contributed by atoms with Gasteiger partial charge in [-0.15, -0.1) is 11.3 Å². The van der Waals surface area contributed by atoms with Gasteiger partial charge in [0, 0.05) is 21.5 Å². The van der Waals surface area contributed by atoms with Gasteiger partial charge in [0.15, 0.2) is 0 Å². The van der Waals surface area contributed by atoms with E-state index in [4.69, 9.17) is 5.41 Å². The lowest BCUT2D eigenvalue weighted by Crippen LogP contribution is -1.74. The zero-order chi connectivity index (χ0) is 7.56. The van der Waals surface area contributed by atoms with E-state index in [9.17, 15) is 0 Å². The Morgan fingerprint density at radius 2 is 2.40 bits per heavy atom. The van der Waals surface area contributed by atoms with Gasteiger partial charge >= 0.3 is 0 Å². The van der Waals surface area contributed by atoms with Crippen LogP contribution in [-0.2, 0) is 0 Å². The lowest BCUT2D eigenvalue weighted by Gasteiger charge is -1.84. The molecule has 1 heterocycles. The second kappa shape index (κ2) is 2.80. The Morgan fingerprint density at radius 1 is 1.70 bits per heavy atom. The van der Waals surface area contributed by atoms with E-state index in [1.54, 1.807) is 17.4 Å². The molecule has 1 N–H and O–H groups in total. The van der Waals surface area contributed by atoms with Gasteiger partial charge in [-0.2, -0.15) is 0 Å². The van der Waals surface area contributed by atoms with Crippen LogP contribution in [0.15, 0.2) is 12.6 Å². The minimum atomic E-state index is 0.970. The molecule has 0 atom stereocenters. The van der Waals surface area contributed by atoms with Crippen LogP contribution in [0.3, 0.4) is 0 Å². The van der Waals surface area contributed by atoms with Crippen LogP contribution < -0.4 is 0 Å². The minimum Gasteiger partial charge on any atom is -0.308 e. The lowest BCUT2D eigenvalue weighted by molar-refractivity contribution is 1.54. The van der Waals surface area contributed by atoms with Crippen molar-refractivity contribution in [3.8, 4) is 0 Å². The fourth-order valence-electron chi connectivity index (χ4n) is 0.824. The maximum atomic E-state index is 7.04. The minimum absolute atomic E-state index is 0.970. The smallest absolute Gasteiger partial charge is 0.0354 e. The molecule has 0 aliphatic rings. The standard InChI is InChI=1S/C8H9NS/c1-3-8-7(5-9)4-6(2)10-8/h3-5,9H,1H2,2H3. The SMILES string of the molecule is C=Cc1sc(C)cc1C=N. The molecule has 2 heteroatoms. The average Bonchev–Trinajstić information content (AvgIpc) is 2.30. The van der Waals surface area contributed by atoms with Gasteiger partial charge in [0.2, 0.25) is 0 Å². The number of rotatable bonds is 2. The van der Waals surface area contributed by atoms with E-state index in [1.165, 1.54) is 11.1 Å². The summed E-state index contributed by atoms with van der Waals surface area (Å²) in [5.41, 5.74) is 0.970. The summed E-state index contributed by atoms with van der Waals surface area (Å²) >= 11 is 1.67. The van der Waals surface area contributed by atoms with Gasteiger partial charge in [-0.3, -0.25) is 0 Å². The molecular weight excluding hydrogens is 142 g/mol. The third kappa shape index (κ3) is 1.16. The molecule has 0 spiro atoms. The molecule has 0 aliphatic carbocycles. The summed E-state index contributed by atoms with van der Waals surface area (Å²) in [4.78, 5) is 2.32. The van der Waals surface area contributed by atoms with Crippen LogP contribution in [-0.4, -0.2) is 6.21 Å². The van der Waals surface area contributed by atoms with Crippen LogP contribution in [0, 0.1) is 12.3 Å². The molecule has 0 aliphatic heterocycles. The van der Waals surface area contributed by atoms with Crippen molar-refractivity contribution >= 4 is 23.6 Å². The topological polar surface area (TPSA) is 23.9 Å². The number of hydrogen-bond acceptors (Lipinski definition) is 2. The predicted molar refractivity (Wildman–Crippen MR) is 47.0 cm³/mol. The van der Waals surface area contributed by atoms with Crippen LogP contribution in [0.5, 0.6) is 0 Å². The second-order valence-corrected chi connectivity index (χ2v) is 3.31. The number of hydrogen-bond donors (Lipinski definition) is 1. The first-order valence-electron chi connectivity index (χ1n) is 3.01. The number of aryl methyl sites for hydroxylation is 1. The van der Waals surface area contributed by atoms with E-state index in [0.717, 1.165) is 10.4 Å². The first-order chi connectivity index (χ1) is 4.77. The van der Waals surface area contributed by atoms with Crippen LogP contribution in [0.4, 0.5) is 0 Å². The molecule has 52 valence electrons. The summed E-state index contributed by atoms with van der Waals surface area (Å²) < 4.78 is 0. The van der Waals surface area contributed by atoms with Crippen molar-refractivity contribution in [2.24, 2.45) is 0 Å². The number of nitrogens with one attached hydrogen (secondary N) is 1. The van der Waals surface area contributed by atoms with Crippen molar-refractivity contribution in [3.05, 3.63) is 28.0 Å². The summed E-state index contributed by atoms with van der Waals surface area (Å²) in [6.07, 6.45) is 3.15. The highest BCUT2D eigenvalue weighted by Crippen LogP contribution is 2.20. The molecule has 0 radical (unpaired) electrons. The molecule has 1 aromatic rings. The fraction of sp³-hybridized carbons (Fsp3) is 0.125. The quantitative estimate of drug-likeness (QED) is 0.628. The van der Waals surface area contributed by atoms with Crippen molar-refractivity contribution in [1.82, 2.24) is 0 Å². The summed E-state index contributed by atoms with van der Waals surface area (Å²) in [6.45, 7) is 5.69. The van der Waals surface area contributed by atoms with Gasteiger partial charge in [0.05, 0.1) is 0 Å². The van der Waals surface area contributed by atoms with Gasteiger partial charge in [-0.25, -0.2) is 0 Å². The normalized spacial score (nSPS) is 9.30. The van der Waals surface area contributed by atoms with Crippen molar-refractivity contribution < 1.29 is 0 Å². The summed E-state index contributed by atoms with van der Waals surface area (Å²) in [7, 11) is 0. The Morgan fingerprint density at radius 3 is 2.80 bits per heavy atom. The Labute approximate surface area is 64.5 Å². The Hall–Kier alpha value is -0.890. The third-order valence-electron chi connectivity index (χ3n) is 1.26. The van der Waals surface area contributed by atoms with Crippen molar-refractivity contribution in [2.45, 2.75) is 6.92 Å². The van der Waals surface area contributed by atoms with Gasteiger partial charge in [0.1, 0.15) is 0 Å². The Bertz CT molecular complexity index is 235. The molecule has 10 heavy (non-hydrogen) atoms. The number of thiophene rings is 1. The first-order valence-corrected chi connectivity index (χ1v) is 3.83. The lowest BCUT2D eigenvalue weighted by atomic mass is 10.2. The van der Waals surface area contributed by atoms with E-state index < -0.39 is 0 Å². The zero-order valence-corrected chi connectivity index (χ0v) is 6.66. The maximum Gasteiger partial charge on any atom is 0.0354 e. The van der Waals surface area contributed by atoms with Crippen LogP contribution in [0.25, 0.3) is 6.08 Å². The molecule has 0 saturated carbocycles. The highest BCUT2D eigenvalue weighted by Gasteiger charge is 1.98.